The van der Waals surface area contributed by atoms with Crippen LogP contribution in [0, 0.1) is 0 Å². The highest BCUT2D eigenvalue weighted by molar-refractivity contribution is 6.06. The maximum Gasteiger partial charge on any atom is 0.252 e. The highest BCUT2D eigenvalue weighted by Gasteiger charge is 2.18. The molecule has 0 saturated heterocycles. The molecule has 0 fully saturated rings. The molecule has 0 radical (unpaired) electrons. The number of aromatic nitrogens is 2. The fourth-order valence-corrected chi connectivity index (χ4v) is 3.39. The minimum Gasteiger partial charge on any atom is -0.348 e. The summed E-state index contributed by atoms with van der Waals surface area (Å²) in [6.07, 6.45) is 6.82. The van der Waals surface area contributed by atoms with Crippen molar-refractivity contribution in [1.29, 1.82) is 0 Å². The monoisotopic (exact) mass is 422 g/mol. The van der Waals surface area contributed by atoms with Crippen LogP contribution in [0.4, 0.5) is 0 Å². The molecule has 2 heterocycles. The van der Waals surface area contributed by atoms with Crippen LogP contribution >= 0.6 is 0 Å². The van der Waals surface area contributed by atoms with Crippen molar-refractivity contribution in [3.63, 3.8) is 0 Å². The Morgan fingerprint density at radius 1 is 0.594 bits per heavy atom. The number of amides is 2. The third-order valence-corrected chi connectivity index (χ3v) is 4.99. The molecular weight excluding hydrogens is 400 g/mol. The van der Waals surface area contributed by atoms with E-state index in [4.69, 9.17) is 0 Å². The molecule has 0 aliphatic rings. The standard InChI is InChI=1S/C26H22N4O2/c31-25(29-17-19-7-5-13-27-15-19)23-11-3-1-9-21(23)22-10-2-4-12-24(22)26(32)30-18-20-8-6-14-28-16-20/h1-16H,17-18H2,(H,29,31)(H,30,32). The number of hydrogen-bond donors (Lipinski definition) is 2. The lowest BCUT2D eigenvalue weighted by atomic mass is 9.94. The molecule has 6 nitrogen and oxygen atoms in total. The molecule has 2 aromatic heterocycles. The van der Waals surface area contributed by atoms with Gasteiger partial charge in [0.1, 0.15) is 0 Å². The van der Waals surface area contributed by atoms with Crippen LogP contribution < -0.4 is 10.6 Å². The first-order valence-electron chi connectivity index (χ1n) is 10.2. The lowest BCUT2D eigenvalue weighted by Crippen LogP contribution is -2.25. The third-order valence-electron chi connectivity index (χ3n) is 4.99. The van der Waals surface area contributed by atoms with E-state index in [1.54, 1.807) is 36.9 Å². The lowest BCUT2D eigenvalue weighted by Gasteiger charge is -2.14. The van der Waals surface area contributed by atoms with Crippen LogP contribution in [0.2, 0.25) is 0 Å². The van der Waals surface area contributed by atoms with E-state index in [2.05, 4.69) is 20.6 Å². The number of benzene rings is 2. The van der Waals surface area contributed by atoms with Gasteiger partial charge in [-0.3, -0.25) is 19.6 Å². The lowest BCUT2D eigenvalue weighted by molar-refractivity contribution is 0.0941. The number of carbonyl (C=O) groups excluding carboxylic acids is 2. The zero-order chi connectivity index (χ0) is 22.2. The van der Waals surface area contributed by atoms with Crippen LogP contribution in [-0.4, -0.2) is 21.8 Å². The van der Waals surface area contributed by atoms with Crippen molar-refractivity contribution in [2.24, 2.45) is 0 Å². The highest BCUT2D eigenvalue weighted by Crippen LogP contribution is 2.27. The maximum atomic E-state index is 13.0. The number of carbonyl (C=O) groups is 2. The van der Waals surface area contributed by atoms with E-state index in [0.717, 1.165) is 11.1 Å². The predicted molar refractivity (Wildman–Crippen MR) is 123 cm³/mol. The van der Waals surface area contributed by atoms with Gasteiger partial charge in [-0.15, -0.1) is 0 Å². The minimum atomic E-state index is -0.213. The van der Waals surface area contributed by atoms with Crippen molar-refractivity contribution in [1.82, 2.24) is 20.6 Å². The first-order chi connectivity index (χ1) is 15.7. The topological polar surface area (TPSA) is 84.0 Å². The molecule has 0 aliphatic carbocycles. The molecule has 32 heavy (non-hydrogen) atoms. The summed E-state index contributed by atoms with van der Waals surface area (Å²) >= 11 is 0. The molecule has 4 rings (SSSR count). The van der Waals surface area contributed by atoms with Crippen LogP contribution in [0.1, 0.15) is 31.8 Å². The number of rotatable bonds is 7. The van der Waals surface area contributed by atoms with Gasteiger partial charge in [-0.25, -0.2) is 0 Å². The summed E-state index contributed by atoms with van der Waals surface area (Å²) in [6, 6.07) is 22.0. The third kappa shape index (κ3) is 5.05. The fraction of sp³-hybridized carbons (Fsp3) is 0.0769. The molecule has 2 N–H and O–H groups in total. The summed E-state index contributed by atoms with van der Waals surface area (Å²) in [5.41, 5.74) is 4.22. The van der Waals surface area contributed by atoms with Gasteiger partial charge in [-0.1, -0.05) is 48.5 Å². The Balaban J connectivity index is 1.56. The van der Waals surface area contributed by atoms with Gasteiger partial charge < -0.3 is 10.6 Å². The normalized spacial score (nSPS) is 10.4. The van der Waals surface area contributed by atoms with E-state index in [1.165, 1.54) is 0 Å². The molecule has 158 valence electrons. The van der Waals surface area contributed by atoms with Crippen LogP contribution in [0.25, 0.3) is 11.1 Å². The Labute approximate surface area is 186 Å². The van der Waals surface area contributed by atoms with Crippen molar-refractivity contribution < 1.29 is 9.59 Å². The van der Waals surface area contributed by atoms with Crippen LogP contribution in [0.15, 0.2) is 97.6 Å². The van der Waals surface area contributed by atoms with Gasteiger partial charge in [-0.2, -0.15) is 0 Å². The maximum absolute atomic E-state index is 13.0. The minimum absolute atomic E-state index is 0.213. The summed E-state index contributed by atoms with van der Waals surface area (Å²) < 4.78 is 0. The molecule has 6 heteroatoms. The predicted octanol–water partition coefficient (Wildman–Crippen LogP) is 4.00. The van der Waals surface area contributed by atoms with Gasteiger partial charge in [0.15, 0.2) is 0 Å². The molecule has 0 bridgehead atoms. The quantitative estimate of drug-likeness (QED) is 0.471. The van der Waals surface area contributed by atoms with E-state index in [0.29, 0.717) is 35.3 Å². The summed E-state index contributed by atoms with van der Waals surface area (Å²) in [5, 5.41) is 5.87. The first-order valence-corrected chi connectivity index (χ1v) is 10.2. The highest BCUT2D eigenvalue weighted by atomic mass is 16.2. The molecule has 0 spiro atoms. The van der Waals surface area contributed by atoms with Gasteiger partial charge in [0.2, 0.25) is 0 Å². The molecule has 0 aliphatic heterocycles. The number of nitrogens with zero attached hydrogens (tertiary/aromatic N) is 2. The number of pyridine rings is 2. The van der Waals surface area contributed by atoms with Crippen molar-refractivity contribution in [3.05, 3.63) is 120 Å². The van der Waals surface area contributed by atoms with Gasteiger partial charge in [0.05, 0.1) is 0 Å². The molecule has 4 aromatic rings. The van der Waals surface area contributed by atoms with Gasteiger partial charge in [0.25, 0.3) is 11.8 Å². The molecule has 2 amide bonds. The van der Waals surface area contributed by atoms with E-state index in [1.807, 2.05) is 60.7 Å². The number of nitrogens with one attached hydrogen (secondary N) is 2. The second-order valence-corrected chi connectivity index (χ2v) is 7.18. The van der Waals surface area contributed by atoms with Crippen LogP contribution in [0.5, 0.6) is 0 Å². The Hall–Kier alpha value is -4.32. The second-order valence-electron chi connectivity index (χ2n) is 7.18. The first kappa shape index (κ1) is 20.9. The fourth-order valence-electron chi connectivity index (χ4n) is 3.39. The molecule has 0 saturated carbocycles. The smallest absolute Gasteiger partial charge is 0.252 e. The molecule has 0 unspecified atom stereocenters. The Morgan fingerprint density at radius 2 is 1.03 bits per heavy atom. The molecule has 2 aromatic carbocycles. The summed E-state index contributed by atoms with van der Waals surface area (Å²) in [4.78, 5) is 34.1. The second kappa shape index (κ2) is 10.1. The van der Waals surface area contributed by atoms with Crippen molar-refractivity contribution in [2.75, 3.05) is 0 Å². The summed E-state index contributed by atoms with van der Waals surface area (Å²) in [6.45, 7) is 0.739. The van der Waals surface area contributed by atoms with Crippen LogP contribution in [-0.2, 0) is 13.1 Å². The molecule has 0 atom stereocenters. The van der Waals surface area contributed by atoms with Crippen molar-refractivity contribution in [2.45, 2.75) is 13.1 Å². The average Bonchev–Trinajstić information content (AvgIpc) is 2.87. The van der Waals surface area contributed by atoms with E-state index >= 15 is 0 Å². The van der Waals surface area contributed by atoms with Crippen LogP contribution in [0.3, 0.4) is 0 Å². The summed E-state index contributed by atoms with van der Waals surface area (Å²) in [5.74, 6) is -0.426. The van der Waals surface area contributed by atoms with Gasteiger partial charge >= 0.3 is 0 Å². The van der Waals surface area contributed by atoms with E-state index in [9.17, 15) is 9.59 Å². The van der Waals surface area contributed by atoms with Gasteiger partial charge in [0, 0.05) is 49.0 Å². The largest absolute Gasteiger partial charge is 0.348 e. The van der Waals surface area contributed by atoms with Gasteiger partial charge in [-0.05, 0) is 46.5 Å². The SMILES string of the molecule is O=C(NCc1cccnc1)c1ccccc1-c1ccccc1C(=O)NCc1cccnc1. The molecular formula is C26H22N4O2. The Bertz CT molecular complexity index is 1110. The number of hydrogen-bond acceptors (Lipinski definition) is 4. The Morgan fingerprint density at radius 3 is 1.44 bits per heavy atom. The van der Waals surface area contributed by atoms with E-state index < -0.39 is 0 Å². The zero-order valence-corrected chi connectivity index (χ0v) is 17.4. The zero-order valence-electron chi connectivity index (χ0n) is 17.4. The van der Waals surface area contributed by atoms with Crippen molar-refractivity contribution >= 4 is 11.8 Å². The summed E-state index contributed by atoms with van der Waals surface area (Å²) in [7, 11) is 0. The van der Waals surface area contributed by atoms with E-state index in [-0.39, 0.29) is 11.8 Å². The average molecular weight is 422 g/mol. The Kier molecular flexibility index (Phi) is 6.63. The van der Waals surface area contributed by atoms with Crippen molar-refractivity contribution in [3.8, 4) is 11.1 Å².